The van der Waals surface area contributed by atoms with Crippen LogP contribution in [0.2, 0.25) is 5.02 Å². The second-order valence-electron chi connectivity index (χ2n) is 5.98. The number of hydrogen-bond acceptors (Lipinski definition) is 2. The first-order chi connectivity index (χ1) is 9.61. The number of hydrogen-bond donors (Lipinski definition) is 1. The van der Waals surface area contributed by atoms with Crippen LogP contribution in [0.15, 0.2) is 24.3 Å². The van der Waals surface area contributed by atoms with Crippen LogP contribution in [0.3, 0.4) is 0 Å². The average molecular weight is 296 g/mol. The number of halogens is 1. The normalized spacial score (nSPS) is 26.2. The van der Waals surface area contributed by atoms with Crippen molar-refractivity contribution in [1.29, 1.82) is 0 Å². The molecule has 0 bridgehead atoms. The van der Waals surface area contributed by atoms with Gasteiger partial charge in [-0.3, -0.25) is 0 Å². The summed E-state index contributed by atoms with van der Waals surface area (Å²) in [6.07, 6.45) is 6.23. The van der Waals surface area contributed by atoms with Gasteiger partial charge in [0.25, 0.3) is 0 Å². The summed E-state index contributed by atoms with van der Waals surface area (Å²) in [5.74, 6) is 0.627. The van der Waals surface area contributed by atoms with E-state index in [4.69, 9.17) is 22.1 Å². The topological polar surface area (TPSA) is 35.2 Å². The highest BCUT2D eigenvalue weighted by molar-refractivity contribution is 6.30. The Morgan fingerprint density at radius 3 is 2.50 bits per heavy atom. The van der Waals surface area contributed by atoms with Crippen LogP contribution in [0.1, 0.15) is 57.6 Å². The predicted molar refractivity (Wildman–Crippen MR) is 85.0 cm³/mol. The molecule has 0 saturated heterocycles. The fourth-order valence-corrected chi connectivity index (χ4v) is 3.09. The zero-order valence-electron chi connectivity index (χ0n) is 12.5. The Morgan fingerprint density at radius 1 is 1.25 bits per heavy atom. The summed E-state index contributed by atoms with van der Waals surface area (Å²) in [4.78, 5) is 0. The standard InChI is InChI=1S/C17H26ClNO/c1-3-15(19)17(13-8-10-14(18)11-9-13)20-16-7-5-4-6-12(16)2/h8-12,15-17H,3-7,19H2,1-2H3. The molecular formula is C17H26ClNO. The highest BCUT2D eigenvalue weighted by atomic mass is 35.5. The highest BCUT2D eigenvalue weighted by Crippen LogP contribution is 2.33. The number of nitrogens with two attached hydrogens (primary N) is 1. The van der Waals surface area contributed by atoms with Gasteiger partial charge >= 0.3 is 0 Å². The lowest BCUT2D eigenvalue weighted by atomic mass is 9.87. The maximum atomic E-state index is 6.41. The lowest BCUT2D eigenvalue weighted by Gasteiger charge is -2.34. The molecule has 0 amide bonds. The summed E-state index contributed by atoms with van der Waals surface area (Å²) in [7, 11) is 0. The van der Waals surface area contributed by atoms with Gasteiger partial charge in [0.05, 0.1) is 12.2 Å². The van der Waals surface area contributed by atoms with Gasteiger partial charge < -0.3 is 10.5 Å². The van der Waals surface area contributed by atoms with E-state index >= 15 is 0 Å². The van der Waals surface area contributed by atoms with Gasteiger partial charge in [0.1, 0.15) is 0 Å². The number of ether oxygens (including phenoxy) is 1. The number of rotatable bonds is 5. The third-order valence-corrected chi connectivity index (χ3v) is 4.66. The van der Waals surface area contributed by atoms with Crippen molar-refractivity contribution in [3.63, 3.8) is 0 Å². The molecule has 1 aliphatic carbocycles. The summed E-state index contributed by atoms with van der Waals surface area (Å²) in [5, 5.41) is 0.753. The van der Waals surface area contributed by atoms with Gasteiger partial charge in [0, 0.05) is 11.1 Å². The molecule has 4 unspecified atom stereocenters. The van der Waals surface area contributed by atoms with Crippen LogP contribution in [0, 0.1) is 5.92 Å². The second kappa shape index (κ2) is 7.44. The zero-order chi connectivity index (χ0) is 14.5. The molecule has 0 heterocycles. The molecule has 1 aromatic rings. The highest BCUT2D eigenvalue weighted by Gasteiger charge is 2.28. The Hall–Kier alpha value is -0.570. The van der Waals surface area contributed by atoms with Gasteiger partial charge in [0.15, 0.2) is 0 Å². The lowest BCUT2D eigenvalue weighted by molar-refractivity contribution is -0.0677. The Kier molecular flexibility index (Phi) is 5.88. The fraction of sp³-hybridized carbons (Fsp3) is 0.647. The molecule has 1 saturated carbocycles. The van der Waals surface area contributed by atoms with E-state index in [2.05, 4.69) is 13.8 Å². The lowest BCUT2D eigenvalue weighted by Crippen LogP contribution is -2.35. The molecule has 0 aromatic heterocycles. The fourth-order valence-electron chi connectivity index (χ4n) is 2.97. The Balaban J connectivity index is 2.12. The first kappa shape index (κ1) is 15.8. The van der Waals surface area contributed by atoms with Gasteiger partial charge in [-0.2, -0.15) is 0 Å². The van der Waals surface area contributed by atoms with E-state index in [1.807, 2.05) is 24.3 Å². The molecule has 0 spiro atoms. The smallest absolute Gasteiger partial charge is 0.0979 e. The van der Waals surface area contributed by atoms with E-state index in [0.29, 0.717) is 12.0 Å². The molecule has 3 heteroatoms. The van der Waals surface area contributed by atoms with Crippen LogP contribution >= 0.6 is 11.6 Å². The van der Waals surface area contributed by atoms with Crippen LogP contribution in [-0.2, 0) is 4.74 Å². The van der Waals surface area contributed by atoms with Crippen molar-refractivity contribution in [2.24, 2.45) is 11.7 Å². The van der Waals surface area contributed by atoms with Gasteiger partial charge in [-0.1, -0.05) is 50.4 Å². The van der Waals surface area contributed by atoms with E-state index in [-0.39, 0.29) is 12.1 Å². The monoisotopic (exact) mass is 295 g/mol. The van der Waals surface area contributed by atoms with E-state index in [9.17, 15) is 0 Å². The van der Waals surface area contributed by atoms with Crippen LogP contribution in [-0.4, -0.2) is 12.1 Å². The molecule has 4 atom stereocenters. The molecular weight excluding hydrogens is 270 g/mol. The summed E-state index contributed by atoms with van der Waals surface area (Å²) in [6.45, 7) is 4.40. The Morgan fingerprint density at radius 2 is 1.90 bits per heavy atom. The van der Waals surface area contributed by atoms with E-state index in [0.717, 1.165) is 23.4 Å². The summed E-state index contributed by atoms with van der Waals surface area (Å²) in [6, 6.07) is 7.94. The molecule has 2 N–H and O–H groups in total. The third kappa shape index (κ3) is 3.97. The van der Waals surface area contributed by atoms with Crippen molar-refractivity contribution in [1.82, 2.24) is 0 Å². The molecule has 1 aromatic carbocycles. The quantitative estimate of drug-likeness (QED) is 0.853. The van der Waals surface area contributed by atoms with Crippen LogP contribution in [0.4, 0.5) is 0 Å². The summed E-state index contributed by atoms with van der Waals surface area (Å²) in [5.41, 5.74) is 7.43. The van der Waals surface area contributed by atoms with Crippen molar-refractivity contribution >= 4 is 11.6 Å². The van der Waals surface area contributed by atoms with Gasteiger partial charge in [-0.05, 0) is 42.9 Å². The first-order valence-corrected chi connectivity index (χ1v) is 8.16. The minimum Gasteiger partial charge on any atom is -0.368 e. The summed E-state index contributed by atoms with van der Waals surface area (Å²) < 4.78 is 6.41. The molecule has 2 rings (SSSR count). The molecule has 1 fully saturated rings. The molecule has 2 nitrogen and oxygen atoms in total. The number of benzene rings is 1. The molecule has 1 aliphatic rings. The van der Waals surface area contributed by atoms with Crippen molar-refractivity contribution in [2.45, 2.75) is 64.2 Å². The van der Waals surface area contributed by atoms with E-state index < -0.39 is 0 Å². The molecule has 0 aliphatic heterocycles. The van der Waals surface area contributed by atoms with Crippen molar-refractivity contribution in [3.8, 4) is 0 Å². The van der Waals surface area contributed by atoms with E-state index in [1.54, 1.807) is 0 Å². The minimum absolute atomic E-state index is 0.0252. The van der Waals surface area contributed by atoms with Crippen LogP contribution < -0.4 is 5.73 Å². The van der Waals surface area contributed by atoms with Crippen molar-refractivity contribution in [2.75, 3.05) is 0 Å². The molecule has 20 heavy (non-hydrogen) atoms. The van der Waals surface area contributed by atoms with Crippen LogP contribution in [0.25, 0.3) is 0 Å². The van der Waals surface area contributed by atoms with Crippen molar-refractivity contribution < 1.29 is 4.74 Å². The molecule has 112 valence electrons. The third-order valence-electron chi connectivity index (χ3n) is 4.41. The van der Waals surface area contributed by atoms with Crippen LogP contribution in [0.5, 0.6) is 0 Å². The average Bonchev–Trinajstić information content (AvgIpc) is 2.47. The van der Waals surface area contributed by atoms with Gasteiger partial charge in [-0.25, -0.2) is 0 Å². The molecule has 0 radical (unpaired) electrons. The van der Waals surface area contributed by atoms with E-state index in [1.165, 1.54) is 19.3 Å². The minimum atomic E-state index is -0.0252. The Bertz CT molecular complexity index is 406. The SMILES string of the molecule is CCC(N)C(OC1CCCCC1C)c1ccc(Cl)cc1. The predicted octanol–water partition coefficient (Wildman–Crippen LogP) is 4.71. The second-order valence-corrected chi connectivity index (χ2v) is 6.42. The van der Waals surface area contributed by atoms with Gasteiger partial charge in [-0.15, -0.1) is 0 Å². The first-order valence-electron chi connectivity index (χ1n) is 7.78. The summed E-state index contributed by atoms with van der Waals surface area (Å²) >= 11 is 5.97. The Labute approximate surface area is 127 Å². The maximum absolute atomic E-state index is 6.41. The maximum Gasteiger partial charge on any atom is 0.0979 e. The van der Waals surface area contributed by atoms with Gasteiger partial charge in [0.2, 0.25) is 0 Å². The van der Waals surface area contributed by atoms with Crippen molar-refractivity contribution in [3.05, 3.63) is 34.9 Å². The zero-order valence-corrected chi connectivity index (χ0v) is 13.3. The largest absolute Gasteiger partial charge is 0.368 e.